The van der Waals surface area contributed by atoms with Crippen LogP contribution in [0.15, 0.2) is 53.8 Å². The average Bonchev–Trinajstić information content (AvgIpc) is 2.40. The van der Waals surface area contributed by atoms with Gasteiger partial charge in [0.1, 0.15) is 12.0 Å². The molecule has 90 valence electrons. The molecule has 1 heterocycles. The van der Waals surface area contributed by atoms with Crippen molar-refractivity contribution in [2.24, 2.45) is 5.10 Å². The SMILES string of the molecule is O=[N+]([O-])c1ccc(NN=Cc2ccccc2)nc1. The molecular weight excluding hydrogens is 232 g/mol. The van der Waals surface area contributed by atoms with E-state index in [0.29, 0.717) is 5.82 Å². The van der Waals surface area contributed by atoms with E-state index in [0.717, 1.165) is 5.56 Å². The lowest BCUT2D eigenvalue weighted by Crippen LogP contribution is -1.94. The van der Waals surface area contributed by atoms with Crippen LogP contribution in [-0.2, 0) is 0 Å². The van der Waals surface area contributed by atoms with Gasteiger partial charge in [-0.25, -0.2) is 4.98 Å². The summed E-state index contributed by atoms with van der Waals surface area (Å²) < 4.78 is 0. The lowest BCUT2D eigenvalue weighted by molar-refractivity contribution is -0.385. The Labute approximate surface area is 103 Å². The van der Waals surface area contributed by atoms with E-state index in [4.69, 9.17) is 0 Å². The topological polar surface area (TPSA) is 80.4 Å². The minimum absolute atomic E-state index is 0.0485. The van der Waals surface area contributed by atoms with Gasteiger partial charge < -0.3 is 0 Å². The van der Waals surface area contributed by atoms with Crippen LogP contribution in [0.4, 0.5) is 11.5 Å². The third-order valence-corrected chi connectivity index (χ3v) is 2.15. The lowest BCUT2D eigenvalue weighted by Gasteiger charge is -1.98. The molecule has 0 atom stereocenters. The molecule has 0 saturated carbocycles. The van der Waals surface area contributed by atoms with E-state index in [2.05, 4.69) is 15.5 Å². The molecule has 0 bridgehead atoms. The van der Waals surface area contributed by atoms with E-state index in [-0.39, 0.29) is 5.69 Å². The van der Waals surface area contributed by atoms with Crippen molar-refractivity contribution >= 4 is 17.7 Å². The number of anilines is 1. The van der Waals surface area contributed by atoms with Gasteiger partial charge in [0, 0.05) is 6.07 Å². The van der Waals surface area contributed by atoms with Crippen LogP contribution in [0.1, 0.15) is 5.56 Å². The van der Waals surface area contributed by atoms with Gasteiger partial charge >= 0.3 is 0 Å². The molecule has 0 fully saturated rings. The summed E-state index contributed by atoms with van der Waals surface area (Å²) in [6.07, 6.45) is 2.82. The number of rotatable bonds is 4. The third kappa shape index (κ3) is 3.11. The predicted molar refractivity (Wildman–Crippen MR) is 68.6 cm³/mol. The van der Waals surface area contributed by atoms with Gasteiger partial charge in [0.05, 0.1) is 11.1 Å². The van der Waals surface area contributed by atoms with E-state index >= 15 is 0 Å². The Morgan fingerprint density at radius 3 is 2.61 bits per heavy atom. The van der Waals surface area contributed by atoms with Crippen molar-refractivity contribution < 1.29 is 4.92 Å². The standard InChI is InChI=1S/C12H10N4O2/c17-16(18)11-6-7-12(13-9-11)15-14-8-10-4-2-1-3-5-10/h1-9H,(H,13,15). The van der Waals surface area contributed by atoms with Crippen LogP contribution >= 0.6 is 0 Å². The molecule has 0 radical (unpaired) electrons. The average molecular weight is 242 g/mol. The molecule has 1 aromatic carbocycles. The largest absolute Gasteiger partial charge is 0.287 e. The molecule has 1 aromatic heterocycles. The summed E-state index contributed by atoms with van der Waals surface area (Å²) in [6.45, 7) is 0. The normalized spacial score (nSPS) is 10.4. The van der Waals surface area contributed by atoms with Crippen LogP contribution in [0.25, 0.3) is 0 Å². The molecule has 1 N–H and O–H groups in total. The zero-order chi connectivity index (χ0) is 12.8. The first-order chi connectivity index (χ1) is 8.75. The van der Waals surface area contributed by atoms with Gasteiger partial charge in [0.15, 0.2) is 0 Å². The summed E-state index contributed by atoms with van der Waals surface area (Å²) in [6, 6.07) is 12.4. The highest BCUT2D eigenvalue weighted by molar-refractivity contribution is 5.79. The summed E-state index contributed by atoms with van der Waals surface area (Å²) >= 11 is 0. The zero-order valence-electron chi connectivity index (χ0n) is 9.35. The lowest BCUT2D eigenvalue weighted by atomic mass is 10.2. The number of hydrogen-bond acceptors (Lipinski definition) is 5. The molecule has 0 aliphatic rings. The van der Waals surface area contributed by atoms with Gasteiger partial charge in [-0.05, 0) is 11.6 Å². The van der Waals surface area contributed by atoms with Crippen molar-refractivity contribution in [3.05, 3.63) is 64.3 Å². The minimum Gasteiger partial charge on any atom is -0.261 e. The summed E-state index contributed by atoms with van der Waals surface area (Å²) in [4.78, 5) is 13.8. The van der Waals surface area contributed by atoms with Gasteiger partial charge in [0.25, 0.3) is 5.69 Å². The number of hydrogen-bond donors (Lipinski definition) is 1. The highest BCUT2D eigenvalue weighted by atomic mass is 16.6. The molecule has 0 saturated heterocycles. The summed E-state index contributed by atoms with van der Waals surface area (Å²) in [5.41, 5.74) is 3.60. The van der Waals surface area contributed by atoms with E-state index in [1.807, 2.05) is 30.3 Å². The van der Waals surface area contributed by atoms with Gasteiger partial charge in [-0.3, -0.25) is 15.5 Å². The molecule has 6 nitrogen and oxygen atoms in total. The summed E-state index contributed by atoms with van der Waals surface area (Å²) in [5.74, 6) is 0.452. The van der Waals surface area contributed by atoms with Gasteiger partial charge in [0.2, 0.25) is 0 Å². The Balaban J connectivity index is 1.98. The quantitative estimate of drug-likeness (QED) is 0.507. The van der Waals surface area contributed by atoms with E-state index < -0.39 is 4.92 Å². The Bertz CT molecular complexity index is 552. The summed E-state index contributed by atoms with van der Waals surface area (Å²) in [5, 5.41) is 14.4. The highest BCUT2D eigenvalue weighted by Gasteiger charge is 2.03. The van der Waals surface area contributed by atoms with Crippen LogP contribution in [0.5, 0.6) is 0 Å². The fraction of sp³-hybridized carbons (Fsp3) is 0. The second kappa shape index (κ2) is 5.53. The molecule has 0 aliphatic carbocycles. The van der Waals surface area contributed by atoms with Gasteiger partial charge in [-0.2, -0.15) is 5.10 Å². The van der Waals surface area contributed by atoms with Gasteiger partial charge in [-0.15, -0.1) is 0 Å². The van der Waals surface area contributed by atoms with Crippen molar-refractivity contribution in [1.29, 1.82) is 0 Å². The van der Waals surface area contributed by atoms with Crippen molar-refractivity contribution in [3.63, 3.8) is 0 Å². The van der Waals surface area contributed by atoms with Gasteiger partial charge in [-0.1, -0.05) is 30.3 Å². The fourth-order valence-electron chi connectivity index (χ4n) is 1.27. The minimum atomic E-state index is -0.496. The van der Waals surface area contributed by atoms with Crippen LogP contribution in [-0.4, -0.2) is 16.1 Å². The molecule has 2 rings (SSSR count). The van der Waals surface area contributed by atoms with Crippen LogP contribution in [0.2, 0.25) is 0 Å². The molecule has 2 aromatic rings. The highest BCUT2D eigenvalue weighted by Crippen LogP contribution is 2.11. The zero-order valence-corrected chi connectivity index (χ0v) is 9.35. The number of nitrogens with one attached hydrogen (secondary N) is 1. The van der Waals surface area contributed by atoms with E-state index in [1.54, 1.807) is 6.21 Å². The Morgan fingerprint density at radius 1 is 1.22 bits per heavy atom. The first-order valence-electron chi connectivity index (χ1n) is 5.20. The second-order valence-electron chi connectivity index (χ2n) is 3.44. The summed E-state index contributed by atoms with van der Waals surface area (Å²) in [7, 11) is 0. The number of nitrogens with zero attached hydrogens (tertiary/aromatic N) is 3. The van der Waals surface area contributed by atoms with Crippen LogP contribution in [0, 0.1) is 10.1 Å². The number of hydrazone groups is 1. The Hall–Kier alpha value is -2.76. The maximum absolute atomic E-state index is 10.4. The molecule has 0 amide bonds. The first kappa shape index (κ1) is 11.7. The number of pyridine rings is 1. The van der Waals surface area contributed by atoms with E-state index in [1.165, 1.54) is 18.3 Å². The van der Waals surface area contributed by atoms with Crippen molar-refractivity contribution in [2.75, 3.05) is 5.43 Å². The molecule has 0 unspecified atom stereocenters. The molecular formula is C12H10N4O2. The fourth-order valence-corrected chi connectivity index (χ4v) is 1.27. The van der Waals surface area contributed by atoms with E-state index in [9.17, 15) is 10.1 Å². The molecule has 6 heteroatoms. The van der Waals surface area contributed by atoms with Crippen LogP contribution < -0.4 is 5.43 Å². The number of nitro groups is 1. The van der Waals surface area contributed by atoms with Crippen molar-refractivity contribution in [1.82, 2.24) is 4.98 Å². The molecule has 0 aliphatic heterocycles. The first-order valence-corrected chi connectivity index (χ1v) is 5.20. The smallest absolute Gasteiger partial charge is 0.261 e. The molecule has 18 heavy (non-hydrogen) atoms. The number of benzene rings is 1. The maximum atomic E-state index is 10.4. The predicted octanol–water partition coefficient (Wildman–Crippen LogP) is 2.44. The third-order valence-electron chi connectivity index (χ3n) is 2.15. The monoisotopic (exact) mass is 242 g/mol. The maximum Gasteiger partial charge on any atom is 0.287 e. The second-order valence-corrected chi connectivity index (χ2v) is 3.44. The Morgan fingerprint density at radius 2 is 2.00 bits per heavy atom. The molecule has 0 spiro atoms. The van der Waals surface area contributed by atoms with Crippen molar-refractivity contribution in [2.45, 2.75) is 0 Å². The Kier molecular flexibility index (Phi) is 3.60. The number of aromatic nitrogens is 1. The van der Waals surface area contributed by atoms with Crippen LogP contribution in [0.3, 0.4) is 0 Å². The van der Waals surface area contributed by atoms with Crippen molar-refractivity contribution in [3.8, 4) is 0 Å².